The van der Waals surface area contributed by atoms with Crippen molar-refractivity contribution in [1.29, 1.82) is 0 Å². The minimum absolute atomic E-state index is 0.0636. The van der Waals surface area contributed by atoms with Gasteiger partial charge in [0.05, 0.1) is 51.8 Å². The number of ether oxygens (including phenoxy) is 2. The van der Waals surface area contributed by atoms with E-state index in [0.717, 1.165) is 136 Å². The quantitative estimate of drug-likeness (QED) is 0.0552. The number of likely N-dealkylation sites (tertiary alicyclic amines) is 2. The van der Waals surface area contributed by atoms with Crippen LogP contribution in [0.1, 0.15) is 108 Å². The molecule has 82 heavy (non-hydrogen) atoms. The summed E-state index contributed by atoms with van der Waals surface area (Å²) in [5.41, 5.74) is 21.2. The zero-order valence-corrected chi connectivity index (χ0v) is 48.2. The molecule has 2 unspecified atom stereocenters. The number of carbonyl (C=O) groups is 2. The van der Waals surface area contributed by atoms with Crippen molar-refractivity contribution in [1.82, 2.24) is 40.4 Å². The number of phenolic OH excluding ortho intramolecular Hbond substituents is 1. The maximum Gasteiger partial charge on any atom is 0.243 e. The van der Waals surface area contributed by atoms with Gasteiger partial charge in [0.15, 0.2) is 17.4 Å². The van der Waals surface area contributed by atoms with Gasteiger partial charge in [0, 0.05) is 125 Å². The summed E-state index contributed by atoms with van der Waals surface area (Å²) in [7, 11) is 0. The summed E-state index contributed by atoms with van der Waals surface area (Å²) < 4.78 is 19.1. The van der Waals surface area contributed by atoms with Crippen LogP contribution in [0.5, 0.6) is 11.6 Å². The predicted octanol–water partition coefficient (Wildman–Crippen LogP) is 7.57. The van der Waals surface area contributed by atoms with E-state index in [0.29, 0.717) is 52.4 Å². The number of aryl methyl sites for hydroxylation is 1. The predicted molar refractivity (Wildman–Crippen MR) is 316 cm³/mol. The number of piperidine rings is 2. The Morgan fingerprint density at radius 3 is 2.32 bits per heavy atom. The lowest BCUT2D eigenvalue weighted by Gasteiger charge is -2.43. The SMILES string of the molecule is Cc1ncsc1-c1ccc([C@H](C)NC(=O)[C@@H]2C[C@@H](O)CN2C(=O)[C@@H](c2cc(N3CCC(CN4CCC(OC5CC(Oc6cc(N7C8CCC7CN(c7cc(-c9ccccc9O)nnc7N)C8)ccn6)C5)CC4)CC3)no2)C(C)C)cc1N. The first-order chi connectivity index (χ1) is 39.7. The molecule has 20 nitrogen and oxygen atoms in total. The average Bonchev–Trinajstić information content (AvgIpc) is 4.29. The summed E-state index contributed by atoms with van der Waals surface area (Å²) in [5, 5.41) is 37.4. The molecule has 2 bridgehead atoms. The van der Waals surface area contributed by atoms with Crippen molar-refractivity contribution < 1.29 is 33.8 Å². The van der Waals surface area contributed by atoms with Crippen LogP contribution in [0.4, 0.5) is 28.7 Å². The molecule has 0 radical (unpaired) electrons. The number of aliphatic hydroxyl groups is 1. The zero-order chi connectivity index (χ0) is 56.8. The van der Waals surface area contributed by atoms with Gasteiger partial charge in [-0.15, -0.1) is 21.5 Å². The van der Waals surface area contributed by atoms with Crippen molar-refractivity contribution in [2.45, 2.75) is 140 Å². The number of para-hydroxylation sites is 1. The van der Waals surface area contributed by atoms with Gasteiger partial charge in [-0.05, 0) is 100 Å². The molecular weight excluding hydrogens is 1060 g/mol. The highest BCUT2D eigenvalue weighted by Gasteiger charge is 2.45. The number of nitrogen functional groups attached to an aromatic ring is 2. The molecule has 0 spiro atoms. The number of aromatic nitrogens is 5. The first kappa shape index (κ1) is 55.5. The van der Waals surface area contributed by atoms with Crippen LogP contribution in [0.2, 0.25) is 0 Å². The second-order valence-electron chi connectivity index (χ2n) is 24.0. The number of hydrogen-bond acceptors (Lipinski definition) is 19. The Morgan fingerprint density at radius 1 is 0.829 bits per heavy atom. The van der Waals surface area contributed by atoms with Crippen molar-refractivity contribution in [3.8, 4) is 33.3 Å². The number of nitrogens with two attached hydrogens (primary N) is 2. The normalized spacial score (nSPS) is 24.2. The van der Waals surface area contributed by atoms with Gasteiger partial charge < -0.3 is 65.5 Å². The minimum Gasteiger partial charge on any atom is -0.507 e. The molecule has 1 saturated carbocycles. The van der Waals surface area contributed by atoms with E-state index in [1.165, 1.54) is 16.2 Å². The summed E-state index contributed by atoms with van der Waals surface area (Å²) in [6.45, 7) is 14.3. The van der Waals surface area contributed by atoms with Crippen LogP contribution in [-0.4, -0.2) is 152 Å². The third kappa shape index (κ3) is 11.7. The third-order valence-electron chi connectivity index (χ3n) is 18.1. The smallest absolute Gasteiger partial charge is 0.243 e. The van der Waals surface area contributed by atoms with E-state index >= 15 is 0 Å². The molecule has 1 aliphatic carbocycles. The van der Waals surface area contributed by atoms with Crippen LogP contribution in [0, 0.1) is 18.8 Å². The van der Waals surface area contributed by atoms with Gasteiger partial charge in [-0.3, -0.25) is 9.59 Å². The second-order valence-corrected chi connectivity index (χ2v) is 24.9. The molecule has 9 heterocycles. The number of benzene rings is 2. The summed E-state index contributed by atoms with van der Waals surface area (Å²) in [6.07, 6.45) is 9.74. The highest BCUT2D eigenvalue weighted by molar-refractivity contribution is 7.13. The van der Waals surface area contributed by atoms with Crippen LogP contribution in [0.15, 0.2) is 83.0 Å². The molecule has 5 aliphatic heterocycles. The Hall–Kier alpha value is -7.07. The minimum atomic E-state index is -0.836. The highest BCUT2D eigenvalue weighted by atomic mass is 32.1. The molecule has 6 aromatic rings. The fourth-order valence-corrected chi connectivity index (χ4v) is 14.4. The largest absolute Gasteiger partial charge is 0.507 e. The molecule has 6 fully saturated rings. The standard InChI is InChI=1S/C61H77N13O7S/c1-35(2)57(61(78)73-33-43(75)25-52(73)60(77)66-36(3)39-9-12-47(49(62)23-39)58-37(4)65-34-82-58)54-29-55(69-81-54)71-21-14-38(15-22-71)30-70-19-16-44(17-20-70)79-45-26-46(27-45)80-56-24-40(13-18-64-56)74-41-10-11-42(74)32-72(31-41)51-28-50(67-68-59(51)63)48-7-5-6-8-53(48)76/h5-9,12-13,18,23-24,28-29,34-36,38,41-46,52,57,75-76H,10-11,14-17,19-22,25-27,30-33,62H2,1-4H3,(H2,63,68)(H,66,77)/t36-,41?,42?,43+,45?,46?,52-,57+/m0/s1. The summed E-state index contributed by atoms with van der Waals surface area (Å²) in [4.78, 5) is 49.5. The number of carbonyl (C=O) groups excluding carboxylic acids is 2. The molecule has 21 heteroatoms. The van der Waals surface area contributed by atoms with Crippen molar-refractivity contribution in [3.63, 3.8) is 0 Å². The van der Waals surface area contributed by atoms with E-state index in [9.17, 15) is 19.8 Å². The number of rotatable bonds is 17. The third-order valence-corrected chi connectivity index (χ3v) is 19.0. The van der Waals surface area contributed by atoms with Crippen LogP contribution in [0.3, 0.4) is 0 Å². The molecule has 434 valence electrons. The van der Waals surface area contributed by atoms with Gasteiger partial charge in [0.1, 0.15) is 23.8 Å². The topological polar surface area (TPSA) is 251 Å². The number of aromatic hydroxyl groups is 1. The number of phenols is 1. The molecule has 2 amide bonds. The number of piperazine rings is 1. The zero-order valence-electron chi connectivity index (χ0n) is 47.3. The average molecular weight is 1140 g/mol. The summed E-state index contributed by atoms with van der Waals surface area (Å²) in [6, 6.07) is 20.3. The van der Waals surface area contributed by atoms with Gasteiger partial charge in [-0.2, -0.15) is 0 Å². The lowest BCUT2D eigenvalue weighted by molar-refractivity contribution is -0.141. The van der Waals surface area contributed by atoms with Gasteiger partial charge in [-0.25, -0.2) is 9.97 Å². The van der Waals surface area contributed by atoms with E-state index in [2.05, 4.69) is 62.4 Å². The molecule has 2 aromatic carbocycles. The van der Waals surface area contributed by atoms with Crippen molar-refractivity contribution in [2.24, 2.45) is 11.8 Å². The Morgan fingerprint density at radius 2 is 1.60 bits per heavy atom. The maximum atomic E-state index is 14.4. The number of thiazole rings is 1. The Balaban J connectivity index is 0.566. The maximum absolute atomic E-state index is 14.4. The summed E-state index contributed by atoms with van der Waals surface area (Å²) in [5.74, 6) is 1.59. The first-order valence-corrected chi connectivity index (χ1v) is 30.3. The van der Waals surface area contributed by atoms with Crippen molar-refractivity contribution in [3.05, 3.63) is 95.5 Å². The first-order valence-electron chi connectivity index (χ1n) is 29.4. The van der Waals surface area contributed by atoms with E-state index in [-0.39, 0.29) is 60.8 Å². The van der Waals surface area contributed by atoms with E-state index in [1.807, 2.05) is 76.4 Å². The molecular formula is C61H77N13O7S. The Bertz CT molecular complexity index is 3210. The van der Waals surface area contributed by atoms with E-state index in [1.54, 1.807) is 17.6 Å². The molecule has 12 rings (SSSR count). The molecule has 5 saturated heterocycles. The van der Waals surface area contributed by atoms with Gasteiger partial charge in [0.2, 0.25) is 17.7 Å². The van der Waals surface area contributed by atoms with Gasteiger partial charge in [0.25, 0.3) is 0 Å². The monoisotopic (exact) mass is 1140 g/mol. The second kappa shape index (κ2) is 23.7. The fourth-order valence-electron chi connectivity index (χ4n) is 13.5. The highest BCUT2D eigenvalue weighted by Crippen LogP contribution is 2.42. The summed E-state index contributed by atoms with van der Waals surface area (Å²) >= 11 is 1.53. The number of nitrogens with zero attached hydrogens (tertiary/aromatic N) is 10. The number of β-amino-alcohol motifs (C(OH)–C–C–N with tert-alkyl or cyclic N) is 1. The number of fused-ring (bicyclic) bond motifs is 2. The number of aliphatic hydroxyl groups excluding tert-OH is 1. The molecule has 6 atom stereocenters. The fraction of sp³-hybridized carbons (Fsp3) is 0.525. The Kier molecular flexibility index (Phi) is 16.0. The Labute approximate surface area is 483 Å². The number of hydrogen-bond donors (Lipinski definition) is 5. The number of pyridine rings is 1. The lowest BCUT2D eigenvalue weighted by Crippen LogP contribution is -2.54. The number of amides is 2. The van der Waals surface area contributed by atoms with Crippen LogP contribution in [-0.2, 0) is 14.3 Å². The van der Waals surface area contributed by atoms with Gasteiger partial charge >= 0.3 is 0 Å². The molecule has 7 N–H and O–H groups in total. The lowest BCUT2D eigenvalue weighted by atomic mass is 9.91. The molecule has 4 aromatic heterocycles. The van der Waals surface area contributed by atoms with E-state index < -0.39 is 18.1 Å². The number of anilines is 5. The van der Waals surface area contributed by atoms with Crippen LogP contribution < -0.4 is 36.2 Å². The van der Waals surface area contributed by atoms with E-state index in [4.69, 9.17) is 25.5 Å². The van der Waals surface area contributed by atoms with Crippen LogP contribution >= 0.6 is 11.3 Å². The van der Waals surface area contributed by atoms with Gasteiger partial charge in [-0.1, -0.05) is 43.3 Å². The van der Waals surface area contributed by atoms with Crippen molar-refractivity contribution >= 4 is 51.8 Å². The molecule has 6 aliphatic rings. The van der Waals surface area contributed by atoms with Crippen molar-refractivity contribution in [2.75, 3.05) is 78.5 Å². The number of nitrogens with one attached hydrogen (secondary N) is 1. The van der Waals surface area contributed by atoms with Crippen LogP contribution in [0.25, 0.3) is 21.7 Å².